The minimum atomic E-state index is -0.362. The van der Waals surface area contributed by atoms with Gasteiger partial charge in [-0.3, -0.25) is 4.79 Å². The molecule has 0 spiro atoms. The van der Waals surface area contributed by atoms with Crippen LogP contribution in [0.4, 0.5) is 5.69 Å². The number of rotatable bonds is 6. The van der Waals surface area contributed by atoms with E-state index in [9.17, 15) is 4.79 Å². The number of H-pyrrole nitrogens is 1. The number of imidazole rings is 1. The maximum Gasteiger partial charge on any atom is 0.258 e. The molecule has 11 heteroatoms. The van der Waals surface area contributed by atoms with Crippen molar-refractivity contribution < 1.29 is 14.3 Å². The number of nitrogens with zero attached hydrogens (tertiary/aromatic N) is 4. The van der Waals surface area contributed by atoms with Crippen LogP contribution in [-0.4, -0.2) is 44.9 Å². The van der Waals surface area contributed by atoms with Crippen molar-refractivity contribution in [2.45, 2.75) is 0 Å². The fourth-order valence-corrected chi connectivity index (χ4v) is 4.28. The fraction of sp³-hybridized carbons (Fsp3) is 0.0833. The molecule has 35 heavy (non-hydrogen) atoms. The van der Waals surface area contributed by atoms with Crippen LogP contribution in [0.3, 0.4) is 0 Å². The minimum absolute atomic E-state index is 0.362. The van der Waals surface area contributed by atoms with Gasteiger partial charge in [-0.15, -0.1) is 0 Å². The van der Waals surface area contributed by atoms with Gasteiger partial charge < -0.3 is 19.8 Å². The normalized spacial score (nSPS) is 11.0. The number of fused-ring (bicyclic) bond motifs is 1. The van der Waals surface area contributed by atoms with E-state index in [2.05, 4.69) is 36.3 Å². The van der Waals surface area contributed by atoms with Crippen molar-refractivity contribution >= 4 is 50.2 Å². The summed E-state index contributed by atoms with van der Waals surface area (Å²) in [6.45, 7) is 0. The molecule has 2 aromatic carbocycles. The van der Waals surface area contributed by atoms with Crippen molar-refractivity contribution in [2.24, 2.45) is 0 Å². The van der Waals surface area contributed by atoms with Gasteiger partial charge in [0.25, 0.3) is 5.91 Å². The number of benzene rings is 2. The van der Waals surface area contributed by atoms with E-state index in [1.54, 1.807) is 59.4 Å². The number of methoxy groups -OCH3 is 2. The highest BCUT2D eigenvalue weighted by atomic mass is 79.9. The number of nitrogens with one attached hydrogen (secondary N) is 2. The summed E-state index contributed by atoms with van der Waals surface area (Å²) in [6.07, 6.45) is 1.63. The van der Waals surface area contributed by atoms with Gasteiger partial charge in [-0.05, 0) is 52.3 Å². The molecule has 9 nitrogen and oxygen atoms in total. The summed E-state index contributed by atoms with van der Waals surface area (Å²) in [4.78, 5) is 25.7. The molecular weight excluding hydrogens is 536 g/mol. The third kappa shape index (κ3) is 4.22. The zero-order chi connectivity index (χ0) is 24.5. The Morgan fingerprint density at radius 2 is 1.83 bits per heavy atom. The van der Waals surface area contributed by atoms with Gasteiger partial charge in [-0.1, -0.05) is 23.7 Å². The van der Waals surface area contributed by atoms with Crippen molar-refractivity contribution in [3.05, 3.63) is 76.0 Å². The maximum atomic E-state index is 13.3. The average Bonchev–Trinajstić information content (AvgIpc) is 3.47. The number of ether oxygens (including phenoxy) is 2. The number of para-hydroxylation sites is 2. The van der Waals surface area contributed by atoms with Crippen LogP contribution in [0.15, 0.2) is 65.4 Å². The number of carbonyl (C=O) groups is 1. The Kier molecular flexibility index (Phi) is 6.14. The first-order chi connectivity index (χ1) is 17.0. The summed E-state index contributed by atoms with van der Waals surface area (Å²) in [5.41, 5.74) is 2.59. The van der Waals surface area contributed by atoms with Crippen LogP contribution in [0.1, 0.15) is 10.4 Å². The molecule has 5 aromatic rings. The highest BCUT2D eigenvalue weighted by Crippen LogP contribution is 2.35. The number of carbonyl (C=O) groups excluding carboxylic acids is 1. The molecule has 1 amide bonds. The van der Waals surface area contributed by atoms with Crippen LogP contribution in [0.25, 0.3) is 28.4 Å². The molecule has 0 atom stereocenters. The molecule has 0 saturated heterocycles. The van der Waals surface area contributed by atoms with E-state index in [1.165, 1.54) is 14.2 Å². The Morgan fingerprint density at radius 1 is 1.09 bits per heavy atom. The average molecular weight is 554 g/mol. The first kappa shape index (κ1) is 22.9. The quantitative estimate of drug-likeness (QED) is 0.288. The Morgan fingerprint density at radius 3 is 2.54 bits per heavy atom. The summed E-state index contributed by atoms with van der Waals surface area (Å²) in [6, 6.07) is 15.9. The van der Waals surface area contributed by atoms with Gasteiger partial charge in [0, 0.05) is 12.3 Å². The van der Waals surface area contributed by atoms with Gasteiger partial charge in [0.05, 0.1) is 30.3 Å². The lowest BCUT2D eigenvalue weighted by Gasteiger charge is -2.14. The van der Waals surface area contributed by atoms with Crippen molar-refractivity contribution in [1.82, 2.24) is 24.7 Å². The third-order valence-electron chi connectivity index (χ3n) is 5.29. The summed E-state index contributed by atoms with van der Waals surface area (Å²) in [5, 5.41) is 7.79. The molecule has 3 aromatic heterocycles. The Balaban J connectivity index is 1.57. The van der Waals surface area contributed by atoms with Gasteiger partial charge in [-0.25, -0.2) is 14.6 Å². The molecule has 0 fully saturated rings. The number of amides is 1. The van der Waals surface area contributed by atoms with Gasteiger partial charge in [-0.2, -0.15) is 5.10 Å². The first-order valence-corrected chi connectivity index (χ1v) is 11.5. The second-order valence-electron chi connectivity index (χ2n) is 7.35. The van der Waals surface area contributed by atoms with E-state index in [-0.39, 0.29) is 5.91 Å². The van der Waals surface area contributed by atoms with Crippen LogP contribution >= 0.6 is 27.5 Å². The third-order valence-corrected chi connectivity index (χ3v) is 5.97. The number of hydrogen-bond donors (Lipinski definition) is 2. The van der Waals surface area contributed by atoms with Gasteiger partial charge in [0.15, 0.2) is 11.6 Å². The number of pyridine rings is 1. The summed E-state index contributed by atoms with van der Waals surface area (Å²) < 4.78 is 13.0. The van der Waals surface area contributed by atoms with Crippen LogP contribution in [0, 0.1) is 0 Å². The van der Waals surface area contributed by atoms with E-state index in [4.69, 9.17) is 26.1 Å². The van der Waals surface area contributed by atoms with E-state index in [0.29, 0.717) is 60.7 Å². The molecule has 0 aliphatic carbocycles. The largest absolute Gasteiger partial charge is 0.494 e. The maximum absolute atomic E-state index is 13.3. The topological polar surface area (TPSA) is 107 Å². The molecule has 0 aliphatic rings. The van der Waals surface area contributed by atoms with Gasteiger partial charge in [0.1, 0.15) is 33.0 Å². The summed E-state index contributed by atoms with van der Waals surface area (Å²) in [7, 11) is 3.06. The van der Waals surface area contributed by atoms with E-state index in [1.807, 2.05) is 6.07 Å². The number of aromatic amines is 1. The zero-order valence-electron chi connectivity index (χ0n) is 18.5. The fourth-order valence-electron chi connectivity index (χ4n) is 3.71. The van der Waals surface area contributed by atoms with Crippen LogP contribution in [0.2, 0.25) is 5.02 Å². The first-order valence-electron chi connectivity index (χ1n) is 10.4. The molecule has 5 rings (SSSR count). The molecule has 2 N–H and O–H groups in total. The Hall–Kier alpha value is -3.89. The van der Waals surface area contributed by atoms with Crippen molar-refractivity contribution in [1.29, 1.82) is 0 Å². The van der Waals surface area contributed by atoms with Crippen molar-refractivity contribution in [3.8, 4) is 28.8 Å². The molecule has 0 unspecified atom stereocenters. The summed E-state index contributed by atoms with van der Waals surface area (Å²) >= 11 is 9.77. The highest BCUT2D eigenvalue weighted by Gasteiger charge is 2.21. The molecule has 0 bridgehead atoms. The lowest BCUT2D eigenvalue weighted by atomic mass is 10.1. The zero-order valence-corrected chi connectivity index (χ0v) is 20.9. The Bertz CT molecular complexity index is 1540. The predicted octanol–water partition coefficient (Wildman–Crippen LogP) is 5.50. The highest BCUT2D eigenvalue weighted by molar-refractivity contribution is 9.10. The molecule has 3 heterocycles. The number of hydrogen-bond acceptors (Lipinski definition) is 6. The van der Waals surface area contributed by atoms with E-state index >= 15 is 0 Å². The molecular formula is C24H18BrClN6O3. The second kappa shape index (κ2) is 9.40. The number of aromatic nitrogens is 5. The molecule has 176 valence electrons. The van der Waals surface area contributed by atoms with Gasteiger partial charge >= 0.3 is 0 Å². The SMILES string of the molecule is COc1cccc(OC)c1NC(=O)c1cccc2[nH]c(-c3cc(Br)nn3-c3ncccc3Cl)nc12. The van der Waals surface area contributed by atoms with E-state index in [0.717, 1.165) is 0 Å². The van der Waals surface area contributed by atoms with Crippen LogP contribution in [0.5, 0.6) is 11.5 Å². The minimum Gasteiger partial charge on any atom is -0.494 e. The molecule has 0 radical (unpaired) electrons. The van der Waals surface area contributed by atoms with E-state index < -0.39 is 0 Å². The molecule has 0 aliphatic heterocycles. The van der Waals surface area contributed by atoms with Crippen molar-refractivity contribution in [2.75, 3.05) is 19.5 Å². The lowest BCUT2D eigenvalue weighted by Crippen LogP contribution is -2.14. The standard InChI is InChI=1S/C24H18BrClN6O3/c1-34-17-9-4-10-18(35-2)21(17)30-24(33)13-6-3-8-15-20(13)29-22(28-15)16-12-19(25)31-32(16)23-14(26)7-5-11-27-23/h3-12H,1-2H3,(H,28,29)(H,30,33). The lowest BCUT2D eigenvalue weighted by molar-refractivity contribution is 0.102. The number of anilines is 1. The number of halogens is 2. The molecule has 0 saturated carbocycles. The predicted molar refractivity (Wildman–Crippen MR) is 137 cm³/mol. The van der Waals surface area contributed by atoms with Crippen LogP contribution in [-0.2, 0) is 0 Å². The van der Waals surface area contributed by atoms with Crippen molar-refractivity contribution in [3.63, 3.8) is 0 Å². The second-order valence-corrected chi connectivity index (χ2v) is 8.57. The Labute approximate surface area is 213 Å². The monoisotopic (exact) mass is 552 g/mol. The summed E-state index contributed by atoms with van der Waals surface area (Å²) in [5.74, 6) is 1.55. The van der Waals surface area contributed by atoms with Gasteiger partial charge in [0.2, 0.25) is 0 Å². The van der Waals surface area contributed by atoms with Crippen LogP contribution < -0.4 is 14.8 Å². The smallest absolute Gasteiger partial charge is 0.258 e.